The number of sulfonamides is 1. The molecule has 0 saturated heterocycles. The predicted molar refractivity (Wildman–Crippen MR) is 68.3 cm³/mol. The molecule has 0 amide bonds. The van der Waals surface area contributed by atoms with Gasteiger partial charge in [0.25, 0.3) is 0 Å². The standard InChI is InChI=1S/C12H15NO5S/c1-9(14)10-5-4-6-11(7-10)19(16,17)13(2)8-12(15)18-3/h4-7H,8H2,1-3H3. The van der Waals surface area contributed by atoms with Crippen LogP contribution in [0.1, 0.15) is 17.3 Å². The fourth-order valence-electron chi connectivity index (χ4n) is 1.39. The second-order valence-electron chi connectivity index (χ2n) is 3.92. The quantitative estimate of drug-likeness (QED) is 0.587. The number of hydrogen-bond acceptors (Lipinski definition) is 5. The van der Waals surface area contributed by atoms with Crippen molar-refractivity contribution >= 4 is 21.8 Å². The lowest BCUT2D eigenvalue weighted by molar-refractivity contribution is -0.140. The van der Waals surface area contributed by atoms with Crippen LogP contribution in [0, 0.1) is 0 Å². The molecule has 1 aromatic rings. The van der Waals surface area contributed by atoms with E-state index in [1.54, 1.807) is 0 Å². The Morgan fingerprint density at radius 3 is 2.47 bits per heavy atom. The van der Waals surface area contributed by atoms with Crippen molar-refractivity contribution in [1.29, 1.82) is 0 Å². The van der Waals surface area contributed by atoms with Gasteiger partial charge in [-0.1, -0.05) is 12.1 Å². The number of ether oxygens (including phenoxy) is 1. The minimum Gasteiger partial charge on any atom is -0.468 e. The highest BCUT2D eigenvalue weighted by atomic mass is 32.2. The highest BCUT2D eigenvalue weighted by Crippen LogP contribution is 2.16. The second-order valence-corrected chi connectivity index (χ2v) is 5.97. The summed E-state index contributed by atoms with van der Waals surface area (Å²) < 4.78 is 29.6. The van der Waals surface area contributed by atoms with Crippen LogP contribution >= 0.6 is 0 Å². The Morgan fingerprint density at radius 1 is 1.32 bits per heavy atom. The molecular formula is C12H15NO5S. The van der Waals surface area contributed by atoms with Gasteiger partial charge in [0, 0.05) is 12.6 Å². The lowest BCUT2D eigenvalue weighted by Gasteiger charge is -2.16. The Hall–Kier alpha value is -1.73. The zero-order valence-corrected chi connectivity index (χ0v) is 11.7. The lowest BCUT2D eigenvalue weighted by atomic mass is 10.2. The number of nitrogens with zero attached hydrogens (tertiary/aromatic N) is 1. The molecule has 0 aromatic heterocycles. The number of esters is 1. The average Bonchev–Trinajstić information content (AvgIpc) is 2.38. The van der Waals surface area contributed by atoms with Crippen molar-refractivity contribution in [3.63, 3.8) is 0 Å². The van der Waals surface area contributed by atoms with Crippen LogP contribution < -0.4 is 0 Å². The van der Waals surface area contributed by atoms with Gasteiger partial charge < -0.3 is 4.74 Å². The van der Waals surface area contributed by atoms with E-state index in [-0.39, 0.29) is 17.2 Å². The van der Waals surface area contributed by atoms with Crippen LogP contribution in [0.2, 0.25) is 0 Å². The summed E-state index contributed by atoms with van der Waals surface area (Å²) in [5, 5.41) is 0. The molecule has 0 radical (unpaired) electrons. The Morgan fingerprint density at radius 2 is 1.95 bits per heavy atom. The van der Waals surface area contributed by atoms with Crippen molar-refractivity contribution in [3.05, 3.63) is 29.8 Å². The molecule has 0 heterocycles. The smallest absolute Gasteiger partial charge is 0.321 e. The third-order valence-corrected chi connectivity index (χ3v) is 4.33. The van der Waals surface area contributed by atoms with E-state index in [1.807, 2.05) is 0 Å². The SMILES string of the molecule is COC(=O)CN(C)S(=O)(=O)c1cccc(C(C)=O)c1. The third-order valence-electron chi connectivity index (χ3n) is 2.53. The fourth-order valence-corrected chi connectivity index (χ4v) is 2.55. The van der Waals surface area contributed by atoms with E-state index >= 15 is 0 Å². The molecule has 0 saturated carbocycles. The van der Waals surface area contributed by atoms with E-state index in [0.717, 1.165) is 4.31 Å². The van der Waals surface area contributed by atoms with E-state index in [0.29, 0.717) is 5.56 Å². The molecule has 0 aliphatic rings. The first kappa shape index (κ1) is 15.3. The first-order valence-corrected chi connectivity index (χ1v) is 6.87. The van der Waals surface area contributed by atoms with Crippen LogP contribution in [0.4, 0.5) is 0 Å². The van der Waals surface area contributed by atoms with Gasteiger partial charge in [0.15, 0.2) is 5.78 Å². The van der Waals surface area contributed by atoms with Crippen LogP contribution in [-0.4, -0.2) is 45.2 Å². The molecule has 1 rings (SSSR count). The number of methoxy groups -OCH3 is 1. The predicted octanol–water partition coefficient (Wildman–Crippen LogP) is 0.683. The van der Waals surface area contributed by atoms with E-state index < -0.39 is 16.0 Å². The molecule has 0 atom stereocenters. The third kappa shape index (κ3) is 3.62. The molecule has 0 aliphatic heterocycles. The highest BCUT2D eigenvalue weighted by Gasteiger charge is 2.23. The normalized spacial score (nSPS) is 11.4. The summed E-state index contributed by atoms with van der Waals surface area (Å²) in [6.45, 7) is 0.965. The van der Waals surface area contributed by atoms with Gasteiger partial charge in [-0.25, -0.2) is 8.42 Å². The Kier molecular flexibility index (Phi) is 4.79. The molecule has 0 spiro atoms. The summed E-state index contributed by atoms with van der Waals surface area (Å²) in [7, 11) is -1.37. The summed E-state index contributed by atoms with van der Waals surface area (Å²) in [6.07, 6.45) is 0. The maximum atomic E-state index is 12.2. The second kappa shape index (κ2) is 5.94. The van der Waals surface area contributed by atoms with Crippen LogP contribution in [0.15, 0.2) is 29.2 Å². The molecule has 0 N–H and O–H groups in total. The Labute approximate surface area is 112 Å². The van der Waals surface area contributed by atoms with Crippen molar-refractivity contribution in [3.8, 4) is 0 Å². The van der Waals surface area contributed by atoms with Gasteiger partial charge in [-0.15, -0.1) is 0 Å². The van der Waals surface area contributed by atoms with Crippen LogP contribution in [0.25, 0.3) is 0 Å². The van der Waals surface area contributed by atoms with Crippen LogP contribution in [0.5, 0.6) is 0 Å². The Bertz CT molecular complexity index is 594. The van der Waals surface area contributed by atoms with E-state index in [4.69, 9.17) is 0 Å². The fraction of sp³-hybridized carbons (Fsp3) is 0.333. The van der Waals surface area contributed by atoms with Crippen molar-refractivity contribution in [2.45, 2.75) is 11.8 Å². The van der Waals surface area contributed by atoms with Gasteiger partial charge in [0.05, 0.1) is 12.0 Å². The summed E-state index contributed by atoms with van der Waals surface area (Å²) >= 11 is 0. The van der Waals surface area contributed by atoms with Gasteiger partial charge in [-0.3, -0.25) is 9.59 Å². The Balaban J connectivity index is 3.09. The van der Waals surface area contributed by atoms with E-state index in [1.165, 1.54) is 45.3 Å². The average molecular weight is 285 g/mol. The number of Topliss-reactive ketones (excluding diaryl/α,β-unsaturated/α-hetero) is 1. The monoisotopic (exact) mass is 285 g/mol. The van der Waals surface area contributed by atoms with Gasteiger partial charge >= 0.3 is 5.97 Å². The maximum Gasteiger partial charge on any atom is 0.321 e. The summed E-state index contributed by atoms with van der Waals surface area (Å²) in [5.74, 6) is -0.888. The number of carbonyl (C=O) groups excluding carboxylic acids is 2. The van der Waals surface area contributed by atoms with E-state index in [9.17, 15) is 18.0 Å². The minimum atomic E-state index is -3.82. The molecular weight excluding hydrogens is 270 g/mol. The topological polar surface area (TPSA) is 80.8 Å². The highest BCUT2D eigenvalue weighted by molar-refractivity contribution is 7.89. The molecule has 1 aromatic carbocycles. The number of benzene rings is 1. The summed E-state index contributed by atoms with van der Waals surface area (Å²) in [5.41, 5.74) is 0.299. The van der Waals surface area contributed by atoms with E-state index in [2.05, 4.69) is 4.74 Å². The van der Waals surface area contributed by atoms with Crippen molar-refractivity contribution in [2.24, 2.45) is 0 Å². The van der Waals surface area contributed by atoms with Crippen LogP contribution in [-0.2, 0) is 19.6 Å². The first-order valence-electron chi connectivity index (χ1n) is 5.43. The molecule has 0 bridgehead atoms. The van der Waals surface area contributed by atoms with Crippen LogP contribution in [0.3, 0.4) is 0 Å². The zero-order valence-electron chi connectivity index (χ0n) is 10.9. The number of rotatable bonds is 5. The molecule has 0 aliphatic carbocycles. The molecule has 0 fully saturated rings. The zero-order chi connectivity index (χ0) is 14.6. The number of hydrogen-bond donors (Lipinski definition) is 0. The number of likely N-dealkylation sites (N-methyl/N-ethyl adjacent to an activating group) is 1. The maximum absolute atomic E-state index is 12.2. The van der Waals surface area contributed by atoms with Gasteiger partial charge in [-0.2, -0.15) is 4.31 Å². The molecule has 7 heteroatoms. The largest absolute Gasteiger partial charge is 0.468 e. The molecule has 0 unspecified atom stereocenters. The van der Waals surface area contributed by atoms with Gasteiger partial charge in [0.2, 0.25) is 10.0 Å². The van der Waals surface area contributed by atoms with Crippen molar-refractivity contribution in [2.75, 3.05) is 20.7 Å². The lowest BCUT2D eigenvalue weighted by Crippen LogP contribution is -2.32. The first-order chi connectivity index (χ1) is 8.78. The number of carbonyl (C=O) groups is 2. The van der Waals surface area contributed by atoms with Gasteiger partial charge in [0.1, 0.15) is 6.54 Å². The van der Waals surface area contributed by atoms with Crippen molar-refractivity contribution in [1.82, 2.24) is 4.31 Å². The van der Waals surface area contributed by atoms with Gasteiger partial charge in [-0.05, 0) is 19.1 Å². The summed E-state index contributed by atoms with van der Waals surface area (Å²) in [4.78, 5) is 22.3. The number of ketones is 1. The molecule has 104 valence electrons. The summed E-state index contributed by atoms with van der Waals surface area (Å²) in [6, 6.07) is 5.66. The van der Waals surface area contributed by atoms with Crippen molar-refractivity contribution < 1.29 is 22.7 Å². The molecule has 6 nitrogen and oxygen atoms in total. The molecule has 19 heavy (non-hydrogen) atoms. The minimum absolute atomic E-state index is 0.0356.